The van der Waals surface area contributed by atoms with Crippen LogP contribution in [-0.4, -0.2) is 48.2 Å². The Labute approximate surface area is 228 Å². The predicted octanol–water partition coefficient (Wildman–Crippen LogP) is 3.43. The fourth-order valence-corrected chi connectivity index (χ4v) is 5.29. The highest BCUT2D eigenvalue weighted by Crippen LogP contribution is 2.44. The molecule has 5 amide bonds. The SMILES string of the molecule is CC(C)CC(C(=O)NN1C(=O)CNC1=O)(c1ccccc1-c1ccccc1)[C@H](C)C(=O)NOC1CCCCO1. The number of urea groups is 1. The molecule has 0 aromatic heterocycles. The van der Waals surface area contributed by atoms with Gasteiger partial charge >= 0.3 is 6.03 Å². The Kier molecular flexibility index (Phi) is 8.98. The van der Waals surface area contributed by atoms with Crippen molar-refractivity contribution in [1.29, 1.82) is 0 Å². The molecule has 0 radical (unpaired) electrons. The summed E-state index contributed by atoms with van der Waals surface area (Å²) in [5.74, 6) is -2.74. The normalized spacial score (nSPS) is 19.8. The van der Waals surface area contributed by atoms with E-state index in [1.54, 1.807) is 6.92 Å². The second-order valence-corrected chi connectivity index (χ2v) is 10.4. The van der Waals surface area contributed by atoms with Gasteiger partial charge in [-0.15, -0.1) is 0 Å². The number of imide groups is 1. The molecule has 2 saturated heterocycles. The molecule has 0 bridgehead atoms. The van der Waals surface area contributed by atoms with E-state index in [9.17, 15) is 19.2 Å². The summed E-state index contributed by atoms with van der Waals surface area (Å²) < 4.78 is 5.57. The van der Waals surface area contributed by atoms with Gasteiger partial charge in [0, 0.05) is 13.0 Å². The van der Waals surface area contributed by atoms with Gasteiger partial charge in [0.25, 0.3) is 11.8 Å². The molecule has 3 N–H and O–H groups in total. The van der Waals surface area contributed by atoms with Crippen LogP contribution in [-0.2, 0) is 29.4 Å². The van der Waals surface area contributed by atoms with Crippen molar-refractivity contribution in [3.63, 3.8) is 0 Å². The minimum absolute atomic E-state index is 0.0412. The number of hydroxylamine groups is 1. The third kappa shape index (κ3) is 6.12. The average molecular weight is 537 g/mol. The number of nitrogens with zero attached hydrogens (tertiary/aromatic N) is 1. The first-order valence-electron chi connectivity index (χ1n) is 13.4. The molecule has 3 atom stereocenters. The molecule has 2 aliphatic rings. The van der Waals surface area contributed by atoms with Gasteiger partial charge in [-0.3, -0.25) is 19.8 Å². The van der Waals surface area contributed by atoms with Crippen LogP contribution >= 0.6 is 0 Å². The quantitative estimate of drug-likeness (QED) is 0.316. The second-order valence-electron chi connectivity index (χ2n) is 10.4. The van der Waals surface area contributed by atoms with Crippen LogP contribution in [0.15, 0.2) is 54.6 Å². The van der Waals surface area contributed by atoms with Crippen molar-refractivity contribution in [2.45, 2.75) is 58.2 Å². The Morgan fingerprint density at radius 2 is 1.79 bits per heavy atom. The topological polar surface area (TPSA) is 126 Å². The Balaban J connectivity index is 1.79. The number of carbonyl (C=O) groups is 4. The largest absolute Gasteiger partial charge is 0.350 e. The van der Waals surface area contributed by atoms with Crippen LogP contribution < -0.4 is 16.2 Å². The minimum Gasteiger partial charge on any atom is -0.350 e. The summed E-state index contributed by atoms with van der Waals surface area (Å²) in [6.45, 7) is 5.90. The molecular weight excluding hydrogens is 500 g/mol. The summed E-state index contributed by atoms with van der Waals surface area (Å²) in [5.41, 5.74) is 5.80. The molecule has 0 saturated carbocycles. The Bertz CT molecular complexity index is 1180. The van der Waals surface area contributed by atoms with Crippen molar-refractivity contribution in [2.24, 2.45) is 11.8 Å². The molecule has 0 aliphatic carbocycles. The fraction of sp³-hybridized carbons (Fsp3) is 0.448. The van der Waals surface area contributed by atoms with E-state index >= 15 is 0 Å². The Hall–Kier alpha value is -3.76. The lowest BCUT2D eigenvalue weighted by Gasteiger charge is -2.40. The first kappa shape index (κ1) is 28.3. The molecule has 39 heavy (non-hydrogen) atoms. The van der Waals surface area contributed by atoms with E-state index in [-0.39, 0.29) is 18.9 Å². The fourth-order valence-electron chi connectivity index (χ4n) is 5.29. The molecular formula is C29H36N4O6. The Morgan fingerprint density at radius 3 is 2.44 bits per heavy atom. The first-order valence-corrected chi connectivity index (χ1v) is 13.4. The van der Waals surface area contributed by atoms with Gasteiger partial charge in [-0.1, -0.05) is 75.4 Å². The van der Waals surface area contributed by atoms with Crippen LogP contribution in [0.3, 0.4) is 0 Å². The minimum atomic E-state index is -1.48. The molecule has 2 fully saturated rings. The van der Waals surface area contributed by atoms with Crippen molar-refractivity contribution in [1.82, 2.24) is 21.2 Å². The monoisotopic (exact) mass is 536 g/mol. The van der Waals surface area contributed by atoms with Crippen LogP contribution in [0.2, 0.25) is 0 Å². The van der Waals surface area contributed by atoms with Crippen LogP contribution in [0.25, 0.3) is 11.1 Å². The maximum atomic E-state index is 14.4. The summed E-state index contributed by atoms with van der Waals surface area (Å²) in [4.78, 5) is 58.3. The summed E-state index contributed by atoms with van der Waals surface area (Å²) in [5, 5.41) is 3.09. The zero-order valence-corrected chi connectivity index (χ0v) is 22.6. The van der Waals surface area contributed by atoms with Gasteiger partial charge in [0.1, 0.15) is 6.54 Å². The first-order chi connectivity index (χ1) is 18.7. The molecule has 2 unspecified atom stereocenters. The second kappa shape index (κ2) is 12.4. The van der Waals surface area contributed by atoms with E-state index in [4.69, 9.17) is 9.57 Å². The number of hydrogen-bond acceptors (Lipinski definition) is 6. The predicted molar refractivity (Wildman–Crippen MR) is 143 cm³/mol. The summed E-state index contributed by atoms with van der Waals surface area (Å²) in [6.07, 6.45) is 2.19. The highest BCUT2D eigenvalue weighted by atomic mass is 16.8. The van der Waals surface area contributed by atoms with Gasteiger partial charge in [0.2, 0.25) is 5.91 Å². The summed E-state index contributed by atoms with van der Waals surface area (Å²) in [7, 11) is 0. The maximum Gasteiger partial charge on any atom is 0.343 e. The number of ether oxygens (including phenoxy) is 1. The van der Waals surface area contributed by atoms with Gasteiger partial charge in [-0.2, -0.15) is 5.01 Å². The van der Waals surface area contributed by atoms with E-state index in [0.717, 1.165) is 24.0 Å². The van der Waals surface area contributed by atoms with E-state index < -0.39 is 41.4 Å². The summed E-state index contributed by atoms with van der Waals surface area (Å²) >= 11 is 0. The van der Waals surface area contributed by atoms with Gasteiger partial charge in [0.05, 0.1) is 11.3 Å². The third-order valence-corrected chi connectivity index (χ3v) is 7.25. The zero-order chi connectivity index (χ0) is 28.0. The number of hydrogen-bond donors (Lipinski definition) is 3. The molecule has 2 aromatic rings. The number of carbonyl (C=O) groups excluding carboxylic acids is 4. The van der Waals surface area contributed by atoms with Gasteiger partial charge < -0.3 is 10.1 Å². The summed E-state index contributed by atoms with van der Waals surface area (Å²) in [6, 6.07) is 16.3. The third-order valence-electron chi connectivity index (χ3n) is 7.25. The van der Waals surface area contributed by atoms with Crippen LogP contribution in [0.5, 0.6) is 0 Å². The lowest BCUT2D eigenvalue weighted by Crippen LogP contribution is -2.59. The lowest BCUT2D eigenvalue weighted by atomic mass is 9.63. The zero-order valence-electron chi connectivity index (χ0n) is 22.6. The van der Waals surface area contributed by atoms with Gasteiger partial charge in [-0.05, 0) is 41.9 Å². The van der Waals surface area contributed by atoms with E-state index in [1.165, 1.54) is 0 Å². The van der Waals surface area contributed by atoms with E-state index in [2.05, 4.69) is 16.2 Å². The number of amides is 5. The van der Waals surface area contributed by atoms with E-state index in [1.807, 2.05) is 68.4 Å². The molecule has 2 aromatic carbocycles. The molecule has 10 heteroatoms. The smallest absolute Gasteiger partial charge is 0.343 e. The van der Waals surface area contributed by atoms with Crippen molar-refractivity contribution < 1.29 is 28.8 Å². The average Bonchev–Trinajstić information content (AvgIpc) is 3.27. The maximum absolute atomic E-state index is 14.4. The lowest BCUT2D eigenvalue weighted by molar-refractivity contribution is -0.203. The molecule has 2 aliphatic heterocycles. The van der Waals surface area contributed by atoms with Crippen molar-refractivity contribution in [3.8, 4) is 11.1 Å². The highest BCUT2D eigenvalue weighted by molar-refractivity contribution is 6.05. The van der Waals surface area contributed by atoms with Crippen LogP contribution in [0, 0.1) is 11.8 Å². The highest BCUT2D eigenvalue weighted by Gasteiger charge is 2.51. The molecule has 208 valence electrons. The van der Waals surface area contributed by atoms with Crippen molar-refractivity contribution >= 4 is 23.8 Å². The molecule has 2 heterocycles. The number of rotatable bonds is 10. The van der Waals surface area contributed by atoms with Gasteiger partial charge in [-0.25, -0.2) is 15.1 Å². The van der Waals surface area contributed by atoms with Crippen LogP contribution in [0.1, 0.15) is 52.0 Å². The number of nitrogens with one attached hydrogen (secondary N) is 3. The Morgan fingerprint density at radius 1 is 1.08 bits per heavy atom. The molecule has 0 spiro atoms. The number of benzene rings is 2. The molecule has 10 nitrogen and oxygen atoms in total. The van der Waals surface area contributed by atoms with Gasteiger partial charge in [0.15, 0.2) is 6.29 Å². The van der Waals surface area contributed by atoms with Crippen molar-refractivity contribution in [3.05, 3.63) is 60.2 Å². The van der Waals surface area contributed by atoms with Crippen LogP contribution in [0.4, 0.5) is 4.79 Å². The standard InChI is InChI=1S/C29H36N4O6/c1-19(2)17-29(27(36)31-33-24(34)18-30-28(33)37,20(3)26(35)32-39-25-15-9-10-16-38-25)23-14-8-7-13-22(23)21-11-5-4-6-12-21/h4-8,11-14,19-20,25H,9-10,15-18H2,1-3H3,(H,30,37)(H,31,36)(H,32,35)/t20-,25?,29?/m1/s1. The van der Waals surface area contributed by atoms with E-state index in [0.29, 0.717) is 23.6 Å². The van der Waals surface area contributed by atoms with Crippen molar-refractivity contribution in [2.75, 3.05) is 13.2 Å². The molecule has 4 rings (SSSR count). The number of hydrazine groups is 1.